The average Bonchev–Trinajstić information content (AvgIpc) is 3.36. The molecule has 1 aliphatic rings. The van der Waals surface area contributed by atoms with Crippen LogP contribution in [0.1, 0.15) is 40.4 Å². The minimum atomic E-state index is -0.386. The monoisotopic (exact) mass is 428 g/mol. The van der Waals surface area contributed by atoms with E-state index < -0.39 is 0 Å². The molecule has 1 unspecified atom stereocenters. The zero-order chi connectivity index (χ0) is 22.2. The van der Waals surface area contributed by atoms with E-state index >= 15 is 0 Å². The summed E-state index contributed by atoms with van der Waals surface area (Å²) in [4.78, 5) is 25.7. The number of aromatic nitrogens is 7. The van der Waals surface area contributed by atoms with Crippen molar-refractivity contribution in [1.82, 2.24) is 34.5 Å². The fourth-order valence-electron chi connectivity index (χ4n) is 3.69. The van der Waals surface area contributed by atoms with E-state index in [2.05, 4.69) is 37.0 Å². The highest BCUT2D eigenvalue weighted by atomic mass is 19.1. The van der Waals surface area contributed by atoms with Crippen LogP contribution in [0.15, 0.2) is 47.8 Å². The Morgan fingerprint density at radius 2 is 1.84 bits per heavy atom. The summed E-state index contributed by atoms with van der Waals surface area (Å²) in [5.41, 5.74) is 8.66. The number of nitrogen functional groups attached to an aromatic ring is 1. The zero-order valence-corrected chi connectivity index (χ0v) is 17.0. The van der Waals surface area contributed by atoms with Gasteiger partial charge in [-0.2, -0.15) is 10.2 Å². The first-order valence-electron chi connectivity index (χ1n) is 9.85. The summed E-state index contributed by atoms with van der Waals surface area (Å²) in [5, 5.41) is 9.21. The Bertz CT molecular complexity index is 1450. The predicted octanol–water partition coefficient (Wildman–Crippen LogP) is 1.35. The molecule has 0 aromatic carbocycles. The molecule has 1 aliphatic carbocycles. The number of nitrogens with two attached hydrogens (primary N) is 1. The molecule has 4 heterocycles. The van der Waals surface area contributed by atoms with Gasteiger partial charge in [0.25, 0.3) is 5.56 Å². The number of fused-ring (bicyclic) bond motifs is 1. The number of rotatable bonds is 2. The highest BCUT2D eigenvalue weighted by molar-refractivity contribution is 5.44. The molecule has 0 saturated heterocycles. The van der Waals surface area contributed by atoms with Gasteiger partial charge >= 0.3 is 0 Å². The molecular formula is C22H17FN8O. The Balaban J connectivity index is 1.52. The van der Waals surface area contributed by atoms with Gasteiger partial charge < -0.3 is 5.73 Å². The normalized spacial score (nSPS) is 14.6. The highest BCUT2D eigenvalue weighted by Crippen LogP contribution is 2.36. The first-order valence-corrected chi connectivity index (χ1v) is 9.85. The van der Waals surface area contributed by atoms with Gasteiger partial charge in [0.2, 0.25) is 5.95 Å². The van der Waals surface area contributed by atoms with Gasteiger partial charge in [0.1, 0.15) is 5.82 Å². The first kappa shape index (κ1) is 19.6. The molecule has 32 heavy (non-hydrogen) atoms. The SMILES string of the molecule is Cn1c(-n2nc3c(n2)C(c2cncc(F)c2)CC3)cc(C#Cc2cnc(N)nc2)cc1=O. The summed E-state index contributed by atoms with van der Waals surface area (Å²) >= 11 is 0. The molecule has 9 nitrogen and oxygen atoms in total. The molecule has 0 spiro atoms. The van der Waals surface area contributed by atoms with Crippen molar-refractivity contribution >= 4 is 5.95 Å². The number of hydrogen-bond acceptors (Lipinski definition) is 7. The lowest BCUT2D eigenvalue weighted by Gasteiger charge is -2.10. The third-order valence-electron chi connectivity index (χ3n) is 5.31. The van der Waals surface area contributed by atoms with Gasteiger partial charge in [-0.1, -0.05) is 11.8 Å². The largest absolute Gasteiger partial charge is 0.368 e. The second kappa shape index (κ2) is 7.70. The van der Waals surface area contributed by atoms with Gasteiger partial charge in [-0.25, -0.2) is 14.4 Å². The van der Waals surface area contributed by atoms with Crippen LogP contribution in [0, 0.1) is 17.7 Å². The van der Waals surface area contributed by atoms with E-state index in [1.54, 1.807) is 19.3 Å². The predicted molar refractivity (Wildman–Crippen MR) is 113 cm³/mol. The van der Waals surface area contributed by atoms with E-state index in [1.165, 1.54) is 40.1 Å². The second-order valence-electron chi connectivity index (χ2n) is 7.43. The Morgan fingerprint density at radius 1 is 1.06 bits per heavy atom. The third-order valence-corrected chi connectivity index (χ3v) is 5.31. The number of hydrogen-bond donors (Lipinski definition) is 1. The molecule has 4 aromatic heterocycles. The molecule has 0 fully saturated rings. The van der Waals surface area contributed by atoms with E-state index in [0.717, 1.165) is 23.4 Å². The van der Waals surface area contributed by atoms with Crippen molar-refractivity contribution in [3.05, 3.63) is 87.2 Å². The summed E-state index contributed by atoms with van der Waals surface area (Å²) in [6.07, 6.45) is 7.34. The van der Waals surface area contributed by atoms with Crippen LogP contribution in [-0.4, -0.2) is 34.5 Å². The van der Waals surface area contributed by atoms with Crippen LogP contribution in [-0.2, 0) is 13.5 Å². The quantitative estimate of drug-likeness (QED) is 0.479. The number of nitrogens with zero attached hydrogens (tertiary/aromatic N) is 7. The number of pyridine rings is 2. The molecule has 0 saturated carbocycles. The Labute approximate surface area is 181 Å². The number of aryl methyl sites for hydroxylation is 1. The molecule has 0 amide bonds. The summed E-state index contributed by atoms with van der Waals surface area (Å²) in [5.74, 6) is 6.02. The Hall–Kier alpha value is -4.39. The maximum Gasteiger partial charge on any atom is 0.253 e. The maximum atomic E-state index is 13.7. The van der Waals surface area contributed by atoms with Crippen molar-refractivity contribution in [2.75, 3.05) is 5.73 Å². The van der Waals surface area contributed by atoms with Crippen molar-refractivity contribution in [2.45, 2.75) is 18.8 Å². The Morgan fingerprint density at radius 3 is 2.62 bits per heavy atom. The summed E-state index contributed by atoms with van der Waals surface area (Å²) < 4.78 is 15.1. The van der Waals surface area contributed by atoms with Gasteiger partial charge in [0.15, 0.2) is 5.82 Å². The molecule has 4 aromatic rings. The van der Waals surface area contributed by atoms with Crippen LogP contribution in [0.4, 0.5) is 10.3 Å². The van der Waals surface area contributed by atoms with Gasteiger partial charge in [0.05, 0.1) is 23.1 Å². The molecule has 0 bridgehead atoms. The van der Waals surface area contributed by atoms with Gasteiger partial charge in [-0.3, -0.25) is 14.3 Å². The van der Waals surface area contributed by atoms with Crippen molar-refractivity contribution in [2.24, 2.45) is 7.05 Å². The minimum absolute atomic E-state index is 0.0903. The lowest BCUT2D eigenvalue weighted by Crippen LogP contribution is -2.22. The average molecular weight is 428 g/mol. The molecule has 0 radical (unpaired) electrons. The van der Waals surface area contributed by atoms with Crippen molar-refractivity contribution in [3.63, 3.8) is 0 Å². The van der Waals surface area contributed by atoms with Crippen LogP contribution < -0.4 is 11.3 Å². The van der Waals surface area contributed by atoms with E-state index in [-0.39, 0.29) is 23.2 Å². The molecule has 5 rings (SSSR count). The van der Waals surface area contributed by atoms with Gasteiger partial charge in [0, 0.05) is 43.2 Å². The summed E-state index contributed by atoms with van der Waals surface area (Å²) in [6.45, 7) is 0. The number of anilines is 1. The van der Waals surface area contributed by atoms with Crippen molar-refractivity contribution < 1.29 is 4.39 Å². The van der Waals surface area contributed by atoms with Crippen LogP contribution in [0.5, 0.6) is 0 Å². The van der Waals surface area contributed by atoms with Crippen LogP contribution in [0.2, 0.25) is 0 Å². The van der Waals surface area contributed by atoms with E-state index in [4.69, 9.17) is 5.73 Å². The standard InChI is InChI=1S/C22H17FN8O/c1-30-19(6-13(7-20(30)32)2-3-14-9-26-22(24)27-10-14)31-28-18-5-4-17(21(18)29-31)15-8-16(23)12-25-11-15/h6-12,17H,4-5H2,1H3,(H2,24,26,27). The third kappa shape index (κ3) is 3.60. The van der Waals surface area contributed by atoms with Crippen molar-refractivity contribution in [3.8, 4) is 17.7 Å². The fraction of sp³-hybridized carbons (Fsp3) is 0.182. The van der Waals surface area contributed by atoms with Gasteiger partial charge in [-0.15, -0.1) is 4.80 Å². The molecule has 1 atom stereocenters. The molecule has 10 heteroatoms. The van der Waals surface area contributed by atoms with Crippen LogP contribution >= 0.6 is 0 Å². The van der Waals surface area contributed by atoms with Crippen LogP contribution in [0.25, 0.3) is 5.82 Å². The second-order valence-corrected chi connectivity index (χ2v) is 7.43. The van der Waals surface area contributed by atoms with E-state index in [1.807, 2.05) is 0 Å². The maximum absolute atomic E-state index is 13.7. The fourth-order valence-corrected chi connectivity index (χ4v) is 3.69. The highest BCUT2D eigenvalue weighted by Gasteiger charge is 2.30. The van der Waals surface area contributed by atoms with Crippen LogP contribution in [0.3, 0.4) is 0 Å². The van der Waals surface area contributed by atoms with E-state index in [0.29, 0.717) is 23.4 Å². The smallest absolute Gasteiger partial charge is 0.253 e. The van der Waals surface area contributed by atoms with Crippen molar-refractivity contribution in [1.29, 1.82) is 0 Å². The lowest BCUT2D eigenvalue weighted by molar-refractivity contribution is 0.608. The molecule has 0 aliphatic heterocycles. The zero-order valence-electron chi connectivity index (χ0n) is 17.0. The Kier molecular flexibility index (Phi) is 4.71. The molecule has 2 N–H and O–H groups in total. The topological polar surface area (TPSA) is 117 Å². The summed E-state index contributed by atoms with van der Waals surface area (Å²) in [7, 11) is 1.64. The summed E-state index contributed by atoms with van der Waals surface area (Å²) in [6, 6.07) is 4.65. The van der Waals surface area contributed by atoms with Gasteiger partial charge in [-0.05, 0) is 30.5 Å². The first-order chi connectivity index (χ1) is 15.5. The molecule has 158 valence electrons. The minimum Gasteiger partial charge on any atom is -0.368 e. The molecular weight excluding hydrogens is 411 g/mol. The lowest BCUT2D eigenvalue weighted by atomic mass is 9.99. The van der Waals surface area contributed by atoms with E-state index in [9.17, 15) is 9.18 Å². The number of halogens is 1.